The minimum atomic E-state index is 0.649. The van der Waals surface area contributed by atoms with Gasteiger partial charge in [0, 0.05) is 18.0 Å². The van der Waals surface area contributed by atoms with Crippen molar-refractivity contribution >= 4 is 11.3 Å². The highest BCUT2D eigenvalue weighted by Crippen LogP contribution is 2.48. The van der Waals surface area contributed by atoms with Gasteiger partial charge >= 0.3 is 0 Å². The Morgan fingerprint density at radius 3 is 2.62 bits per heavy atom. The third-order valence-corrected chi connectivity index (χ3v) is 4.66. The fourth-order valence-electron chi connectivity index (χ4n) is 2.27. The third kappa shape index (κ3) is 2.83. The molecule has 0 saturated heterocycles. The van der Waals surface area contributed by atoms with E-state index in [1.54, 1.807) is 0 Å². The number of hydrogen-bond acceptors (Lipinski definition) is 3. The molecule has 1 aliphatic rings. The zero-order chi connectivity index (χ0) is 11.6. The Balaban J connectivity index is 1.76. The molecule has 1 aromatic rings. The molecule has 3 heteroatoms. The van der Waals surface area contributed by atoms with Crippen LogP contribution < -0.4 is 5.32 Å². The standard InChI is InChI=1S/C13H22N2S/c1-4-5-13(6-7-13)9-14-8-12-15-10(2)11(3)16-12/h14H,4-9H2,1-3H3. The fourth-order valence-corrected chi connectivity index (χ4v) is 3.18. The molecule has 0 amide bonds. The number of aryl methyl sites for hydroxylation is 2. The monoisotopic (exact) mass is 238 g/mol. The number of hydrogen-bond donors (Lipinski definition) is 1. The van der Waals surface area contributed by atoms with Crippen molar-refractivity contribution in [2.45, 2.75) is 53.0 Å². The lowest BCUT2D eigenvalue weighted by atomic mass is 10.0. The molecule has 90 valence electrons. The zero-order valence-electron chi connectivity index (χ0n) is 10.6. The summed E-state index contributed by atoms with van der Waals surface area (Å²) in [6, 6.07) is 0. The second-order valence-corrected chi connectivity index (χ2v) is 6.39. The lowest BCUT2D eigenvalue weighted by Gasteiger charge is -2.13. The first kappa shape index (κ1) is 12.1. The largest absolute Gasteiger partial charge is 0.310 e. The van der Waals surface area contributed by atoms with E-state index < -0.39 is 0 Å². The number of nitrogens with one attached hydrogen (secondary N) is 1. The molecule has 1 fully saturated rings. The second kappa shape index (κ2) is 4.84. The lowest BCUT2D eigenvalue weighted by molar-refractivity contribution is 0.420. The van der Waals surface area contributed by atoms with Crippen LogP contribution in [0.25, 0.3) is 0 Å². The topological polar surface area (TPSA) is 24.9 Å². The van der Waals surface area contributed by atoms with E-state index in [9.17, 15) is 0 Å². The van der Waals surface area contributed by atoms with Crippen molar-refractivity contribution < 1.29 is 0 Å². The van der Waals surface area contributed by atoms with Gasteiger partial charge in [0.25, 0.3) is 0 Å². The maximum atomic E-state index is 4.55. The van der Waals surface area contributed by atoms with Crippen molar-refractivity contribution in [2.75, 3.05) is 6.54 Å². The van der Waals surface area contributed by atoms with Crippen molar-refractivity contribution in [2.24, 2.45) is 5.41 Å². The van der Waals surface area contributed by atoms with Crippen LogP contribution in [-0.4, -0.2) is 11.5 Å². The Kier molecular flexibility index (Phi) is 3.65. The van der Waals surface area contributed by atoms with Gasteiger partial charge in [-0.2, -0.15) is 0 Å². The summed E-state index contributed by atoms with van der Waals surface area (Å²) in [6.07, 6.45) is 5.54. The normalized spacial score (nSPS) is 17.7. The molecule has 1 saturated carbocycles. The van der Waals surface area contributed by atoms with Crippen molar-refractivity contribution in [3.63, 3.8) is 0 Å². The quantitative estimate of drug-likeness (QED) is 0.821. The van der Waals surface area contributed by atoms with Crippen molar-refractivity contribution in [1.29, 1.82) is 0 Å². The van der Waals surface area contributed by atoms with Crippen LogP contribution in [0.5, 0.6) is 0 Å². The summed E-state index contributed by atoms with van der Waals surface area (Å²) in [5.74, 6) is 0. The van der Waals surface area contributed by atoms with E-state index >= 15 is 0 Å². The highest BCUT2D eigenvalue weighted by Gasteiger charge is 2.40. The van der Waals surface area contributed by atoms with Crippen molar-refractivity contribution in [1.82, 2.24) is 10.3 Å². The van der Waals surface area contributed by atoms with Crippen LogP contribution in [0.1, 0.15) is 48.2 Å². The predicted molar refractivity (Wildman–Crippen MR) is 69.9 cm³/mol. The Hall–Kier alpha value is -0.410. The van der Waals surface area contributed by atoms with Gasteiger partial charge in [0.15, 0.2) is 0 Å². The molecule has 0 aromatic carbocycles. The maximum Gasteiger partial charge on any atom is 0.107 e. The van der Waals surface area contributed by atoms with E-state index in [4.69, 9.17) is 0 Å². The molecule has 16 heavy (non-hydrogen) atoms. The van der Waals surface area contributed by atoms with Gasteiger partial charge in [-0.1, -0.05) is 13.3 Å². The summed E-state index contributed by atoms with van der Waals surface area (Å²) in [6.45, 7) is 8.65. The Labute approximate surface area is 102 Å². The van der Waals surface area contributed by atoms with Crippen LogP contribution in [0.4, 0.5) is 0 Å². The van der Waals surface area contributed by atoms with Gasteiger partial charge in [-0.05, 0) is 38.5 Å². The number of thiazole rings is 1. The molecule has 0 unspecified atom stereocenters. The molecule has 2 nitrogen and oxygen atoms in total. The van der Waals surface area contributed by atoms with Gasteiger partial charge in [-0.25, -0.2) is 4.98 Å². The average Bonchev–Trinajstić information content (AvgIpc) is 2.91. The molecule has 1 N–H and O–H groups in total. The van der Waals surface area contributed by atoms with Crippen LogP contribution in [-0.2, 0) is 6.54 Å². The molecule has 2 rings (SSSR count). The van der Waals surface area contributed by atoms with Crippen LogP contribution in [0.15, 0.2) is 0 Å². The van der Waals surface area contributed by atoms with E-state index in [-0.39, 0.29) is 0 Å². The Bertz CT molecular complexity index is 333. The van der Waals surface area contributed by atoms with Crippen LogP contribution in [0.2, 0.25) is 0 Å². The van der Waals surface area contributed by atoms with Crippen LogP contribution in [0.3, 0.4) is 0 Å². The summed E-state index contributed by atoms with van der Waals surface area (Å²) >= 11 is 1.83. The van der Waals surface area contributed by atoms with E-state index in [0.29, 0.717) is 5.41 Å². The zero-order valence-corrected chi connectivity index (χ0v) is 11.4. The van der Waals surface area contributed by atoms with Crippen LogP contribution in [0, 0.1) is 19.3 Å². The summed E-state index contributed by atoms with van der Waals surface area (Å²) < 4.78 is 0. The van der Waals surface area contributed by atoms with E-state index in [1.807, 2.05) is 11.3 Å². The van der Waals surface area contributed by atoms with E-state index in [1.165, 1.54) is 47.8 Å². The average molecular weight is 238 g/mol. The molecule has 0 bridgehead atoms. The van der Waals surface area contributed by atoms with E-state index in [0.717, 1.165) is 6.54 Å². The first-order valence-corrected chi connectivity index (χ1v) is 7.10. The van der Waals surface area contributed by atoms with Crippen molar-refractivity contribution in [3.8, 4) is 0 Å². The van der Waals surface area contributed by atoms with Gasteiger partial charge in [-0.15, -0.1) is 11.3 Å². The first-order chi connectivity index (χ1) is 7.65. The maximum absolute atomic E-state index is 4.55. The van der Waals surface area contributed by atoms with Crippen LogP contribution >= 0.6 is 11.3 Å². The molecule has 1 aromatic heterocycles. The van der Waals surface area contributed by atoms with E-state index in [2.05, 4.69) is 31.1 Å². The molecule has 1 heterocycles. The minimum absolute atomic E-state index is 0.649. The highest BCUT2D eigenvalue weighted by molar-refractivity contribution is 7.11. The SMILES string of the molecule is CCCC1(CNCc2nc(C)c(C)s2)CC1. The minimum Gasteiger partial charge on any atom is -0.310 e. The highest BCUT2D eigenvalue weighted by atomic mass is 32.1. The molecule has 0 aliphatic heterocycles. The van der Waals surface area contributed by atoms with Gasteiger partial charge < -0.3 is 5.32 Å². The fraction of sp³-hybridized carbons (Fsp3) is 0.769. The number of aromatic nitrogens is 1. The smallest absolute Gasteiger partial charge is 0.107 e. The molecule has 0 spiro atoms. The second-order valence-electron chi connectivity index (χ2n) is 5.10. The molecule has 0 radical (unpaired) electrons. The molecular weight excluding hydrogens is 216 g/mol. The molecular formula is C13H22N2S. The first-order valence-electron chi connectivity index (χ1n) is 6.29. The summed E-state index contributed by atoms with van der Waals surface area (Å²) in [4.78, 5) is 5.91. The van der Waals surface area contributed by atoms with Gasteiger partial charge in [0.1, 0.15) is 5.01 Å². The predicted octanol–water partition coefficient (Wildman–Crippen LogP) is 3.43. The lowest BCUT2D eigenvalue weighted by Crippen LogP contribution is -2.23. The third-order valence-electron chi connectivity index (χ3n) is 3.59. The molecule has 0 atom stereocenters. The summed E-state index contributed by atoms with van der Waals surface area (Å²) in [7, 11) is 0. The summed E-state index contributed by atoms with van der Waals surface area (Å²) in [5, 5.41) is 4.82. The summed E-state index contributed by atoms with van der Waals surface area (Å²) in [5.41, 5.74) is 1.84. The number of rotatable bonds is 6. The van der Waals surface area contributed by atoms with Crippen molar-refractivity contribution in [3.05, 3.63) is 15.6 Å². The Morgan fingerprint density at radius 1 is 1.38 bits per heavy atom. The van der Waals surface area contributed by atoms with Gasteiger partial charge in [-0.3, -0.25) is 0 Å². The number of nitrogens with zero attached hydrogens (tertiary/aromatic N) is 1. The Morgan fingerprint density at radius 2 is 2.12 bits per heavy atom. The molecule has 1 aliphatic carbocycles. The van der Waals surface area contributed by atoms with Gasteiger partial charge in [0.05, 0.1) is 5.69 Å². The van der Waals surface area contributed by atoms with Gasteiger partial charge in [0.2, 0.25) is 0 Å².